The van der Waals surface area contributed by atoms with Gasteiger partial charge in [-0.1, -0.05) is 0 Å². The fourth-order valence-corrected chi connectivity index (χ4v) is 7.21. The summed E-state index contributed by atoms with van der Waals surface area (Å²) in [6, 6.07) is 0.814. The molecule has 4 atom stereocenters. The second-order valence-electron chi connectivity index (χ2n) is 8.31. The minimum absolute atomic E-state index is 0.150. The summed E-state index contributed by atoms with van der Waals surface area (Å²) in [6.07, 6.45) is 10.4. The zero-order valence-corrected chi connectivity index (χ0v) is 17.2. The molecule has 0 amide bonds. The van der Waals surface area contributed by atoms with Gasteiger partial charge in [0.1, 0.15) is 9.84 Å². The Bertz CT molecular complexity index is 576. The van der Waals surface area contributed by atoms with Crippen LogP contribution in [-0.4, -0.2) is 66.9 Å². The summed E-state index contributed by atoms with van der Waals surface area (Å²) in [5, 5.41) is 10.5. The molecule has 26 heavy (non-hydrogen) atoms. The molecule has 0 aromatic rings. The van der Waals surface area contributed by atoms with Crippen molar-refractivity contribution in [1.29, 1.82) is 0 Å². The minimum Gasteiger partial charge on any atom is -0.301 e. The monoisotopic (exact) mass is 403 g/mol. The third-order valence-electron chi connectivity index (χ3n) is 6.46. The van der Waals surface area contributed by atoms with E-state index in [1.165, 1.54) is 24.9 Å². The van der Waals surface area contributed by atoms with E-state index in [4.69, 9.17) is 0 Å². The van der Waals surface area contributed by atoms with Gasteiger partial charge >= 0.3 is 0 Å². The molecule has 9 heteroatoms. The highest BCUT2D eigenvalue weighted by Crippen LogP contribution is 2.30. The van der Waals surface area contributed by atoms with Crippen LogP contribution in [0.3, 0.4) is 0 Å². The van der Waals surface area contributed by atoms with Crippen molar-refractivity contribution in [2.75, 3.05) is 18.6 Å². The van der Waals surface area contributed by atoms with Crippen LogP contribution in [0.25, 0.3) is 0 Å². The molecule has 0 bridgehead atoms. The van der Waals surface area contributed by atoms with Gasteiger partial charge in [-0.3, -0.25) is 5.32 Å². The quantitative estimate of drug-likeness (QED) is 0.530. The predicted octanol–water partition coefficient (Wildman–Crippen LogP) is 0.556. The van der Waals surface area contributed by atoms with Gasteiger partial charge in [-0.05, 0) is 57.1 Å². The normalized spacial score (nSPS) is 42.0. The molecule has 3 heterocycles. The number of sulfone groups is 1. The molecule has 4 fully saturated rings. The van der Waals surface area contributed by atoms with Crippen molar-refractivity contribution in [2.24, 2.45) is 0 Å². The van der Waals surface area contributed by atoms with Crippen molar-refractivity contribution < 1.29 is 8.42 Å². The number of fused-ring (bicyclic) bond motifs is 1. The number of nitrogens with one attached hydrogen (secondary N) is 4. The fourth-order valence-electron chi connectivity index (χ4n) is 4.87. The zero-order chi connectivity index (χ0) is 18.1. The van der Waals surface area contributed by atoms with Gasteiger partial charge in [0.2, 0.25) is 0 Å². The zero-order valence-electron chi connectivity index (χ0n) is 15.6. The molecular weight excluding hydrogens is 370 g/mol. The Kier molecular flexibility index (Phi) is 6.14. The smallest absolute Gasteiger partial charge is 0.150 e. The van der Waals surface area contributed by atoms with E-state index in [1.54, 1.807) is 0 Å². The lowest BCUT2D eigenvalue weighted by Gasteiger charge is -2.41. The lowest BCUT2D eigenvalue weighted by Crippen LogP contribution is -2.62. The molecule has 4 rings (SSSR count). The van der Waals surface area contributed by atoms with Crippen LogP contribution in [0, 0.1) is 0 Å². The topological polar surface area (TPSA) is 85.5 Å². The summed E-state index contributed by atoms with van der Waals surface area (Å²) in [6.45, 7) is 1.10. The van der Waals surface area contributed by atoms with Gasteiger partial charge in [0.05, 0.1) is 23.6 Å². The summed E-state index contributed by atoms with van der Waals surface area (Å²) in [5.74, 6) is 1.31. The first-order valence-corrected chi connectivity index (χ1v) is 13.1. The maximum absolute atomic E-state index is 11.8. The lowest BCUT2D eigenvalue weighted by atomic mass is 9.93. The third-order valence-corrected chi connectivity index (χ3v) is 9.54. The van der Waals surface area contributed by atoms with E-state index in [-0.39, 0.29) is 11.4 Å². The first kappa shape index (κ1) is 19.4. The molecule has 1 saturated carbocycles. The van der Waals surface area contributed by atoms with Gasteiger partial charge in [0.15, 0.2) is 0 Å². The van der Waals surface area contributed by atoms with Crippen LogP contribution in [0.5, 0.6) is 0 Å². The summed E-state index contributed by atoms with van der Waals surface area (Å²) in [4.78, 5) is 0. The van der Waals surface area contributed by atoms with E-state index in [0.717, 1.165) is 50.3 Å². The molecule has 0 radical (unpaired) electrons. The van der Waals surface area contributed by atoms with E-state index in [2.05, 4.69) is 38.4 Å². The molecule has 3 aliphatic heterocycles. The maximum atomic E-state index is 11.8. The number of thioether (sulfide) groups is 1. The van der Waals surface area contributed by atoms with Crippen molar-refractivity contribution in [2.45, 2.75) is 86.3 Å². The molecule has 150 valence electrons. The second-order valence-corrected chi connectivity index (χ2v) is 12.0. The van der Waals surface area contributed by atoms with Gasteiger partial charge in [-0.15, -0.1) is 0 Å². The Morgan fingerprint density at radius 1 is 1.12 bits per heavy atom. The van der Waals surface area contributed by atoms with Crippen LogP contribution in [0.15, 0.2) is 0 Å². The molecule has 4 N–H and O–H groups in total. The highest BCUT2D eigenvalue weighted by molar-refractivity contribution is 8.00. The fraction of sp³-hybridized carbons (Fsp3) is 1.00. The van der Waals surface area contributed by atoms with Crippen molar-refractivity contribution in [3.63, 3.8) is 0 Å². The Labute approximate surface area is 161 Å². The van der Waals surface area contributed by atoms with E-state index in [9.17, 15) is 8.42 Å². The Hall–Kier alpha value is 0.1000. The van der Waals surface area contributed by atoms with Crippen molar-refractivity contribution in [3.8, 4) is 0 Å². The second kappa shape index (κ2) is 8.23. The Balaban J connectivity index is 1.29. The predicted molar refractivity (Wildman–Crippen MR) is 106 cm³/mol. The number of hydrogen-bond acceptors (Lipinski definition) is 8. The van der Waals surface area contributed by atoms with Crippen LogP contribution in [0.4, 0.5) is 0 Å². The first-order chi connectivity index (χ1) is 12.5. The van der Waals surface area contributed by atoms with Crippen LogP contribution < -0.4 is 21.6 Å². The summed E-state index contributed by atoms with van der Waals surface area (Å²) in [7, 11) is -2.90. The largest absolute Gasteiger partial charge is 0.301 e. The molecule has 0 aromatic carbocycles. The summed E-state index contributed by atoms with van der Waals surface area (Å²) in [5.41, 5.74) is 6.81. The Morgan fingerprint density at radius 2 is 1.92 bits per heavy atom. The van der Waals surface area contributed by atoms with Crippen LogP contribution >= 0.6 is 11.8 Å². The number of hydrazine groups is 2. The van der Waals surface area contributed by atoms with Gasteiger partial charge < -0.3 is 5.32 Å². The Morgan fingerprint density at radius 3 is 2.62 bits per heavy atom. The van der Waals surface area contributed by atoms with Crippen LogP contribution in [-0.2, 0) is 9.84 Å². The highest BCUT2D eigenvalue weighted by Gasteiger charge is 2.43. The van der Waals surface area contributed by atoms with Crippen LogP contribution in [0.1, 0.15) is 51.4 Å². The molecule has 4 aliphatic rings. The number of nitrogens with zero attached hydrogens (tertiary/aromatic N) is 1. The average Bonchev–Trinajstić information content (AvgIpc) is 3.28. The van der Waals surface area contributed by atoms with E-state index < -0.39 is 9.84 Å². The average molecular weight is 404 g/mol. The summed E-state index contributed by atoms with van der Waals surface area (Å²) < 4.78 is 23.6. The molecule has 0 spiro atoms. The van der Waals surface area contributed by atoms with E-state index in [1.807, 2.05) is 0 Å². The standard InChI is InChI=1S/C17H33N5O2S2/c1-26(23,24)14-6-4-12(5-7-14)22-17-15(20-21-22)8-9-16(19-17)18-11-13-3-2-10-25-13/h12-21H,2-11H2,1H3. The molecule has 7 nitrogen and oxygen atoms in total. The molecule has 3 saturated heterocycles. The lowest BCUT2D eigenvalue weighted by molar-refractivity contribution is 0.0496. The molecular formula is C17H33N5O2S2. The SMILES string of the molecule is CS(=O)(=O)C1CCC(N2NNC3CCC(NCC4CCCS4)NC32)CC1. The van der Waals surface area contributed by atoms with E-state index >= 15 is 0 Å². The van der Waals surface area contributed by atoms with Gasteiger partial charge in [0.25, 0.3) is 0 Å². The van der Waals surface area contributed by atoms with Gasteiger partial charge in [0, 0.05) is 24.1 Å². The maximum Gasteiger partial charge on any atom is 0.150 e. The third kappa shape index (κ3) is 4.39. The minimum atomic E-state index is -2.90. The highest BCUT2D eigenvalue weighted by atomic mass is 32.2. The molecule has 4 unspecified atom stereocenters. The summed E-state index contributed by atoms with van der Waals surface area (Å²) >= 11 is 2.10. The van der Waals surface area contributed by atoms with Crippen molar-refractivity contribution in [1.82, 2.24) is 26.6 Å². The van der Waals surface area contributed by atoms with E-state index in [0.29, 0.717) is 18.2 Å². The molecule has 1 aliphatic carbocycles. The van der Waals surface area contributed by atoms with Crippen molar-refractivity contribution in [3.05, 3.63) is 0 Å². The van der Waals surface area contributed by atoms with Gasteiger partial charge in [-0.25, -0.2) is 18.9 Å². The molecule has 0 aromatic heterocycles. The number of piperidine rings is 1. The van der Waals surface area contributed by atoms with Crippen molar-refractivity contribution >= 4 is 21.6 Å². The van der Waals surface area contributed by atoms with Crippen LogP contribution in [0.2, 0.25) is 0 Å². The number of rotatable bonds is 5. The number of hydrogen-bond donors (Lipinski definition) is 4. The first-order valence-electron chi connectivity index (χ1n) is 10.1. The van der Waals surface area contributed by atoms with Gasteiger partial charge in [-0.2, -0.15) is 17.3 Å².